The van der Waals surface area contributed by atoms with Crippen LogP contribution in [0, 0.1) is 0 Å². The van der Waals surface area contributed by atoms with Gasteiger partial charge in [-0.05, 0) is 22.5 Å². The smallest absolute Gasteiger partial charge is 0.232 e. The van der Waals surface area contributed by atoms with E-state index in [0.717, 1.165) is 24.1 Å². The standard InChI is InChI=1S/C9H15BrN4O/c1-3-11-4-5-12-9-13-6-7(10)8(14-9)15-2/h6,11H,3-5H2,1-2H3,(H,12,13,14). The van der Waals surface area contributed by atoms with Crippen molar-refractivity contribution in [3.63, 3.8) is 0 Å². The van der Waals surface area contributed by atoms with Crippen LogP contribution in [-0.2, 0) is 0 Å². The fourth-order valence-electron chi connectivity index (χ4n) is 1.02. The topological polar surface area (TPSA) is 59.1 Å². The van der Waals surface area contributed by atoms with E-state index in [0.29, 0.717) is 11.8 Å². The Balaban J connectivity index is 2.47. The van der Waals surface area contributed by atoms with Gasteiger partial charge in [0.05, 0.1) is 17.8 Å². The van der Waals surface area contributed by atoms with Gasteiger partial charge >= 0.3 is 0 Å². The largest absolute Gasteiger partial charge is 0.480 e. The minimum atomic E-state index is 0.538. The van der Waals surface area contributed by atoms with Gasteiger partial charge in [-0.25, -0.2) is 4.98 Å². The van der Waals surface area contributed by atoms with Crippen molar-refractivity contribution in [3.05, 3.63) is 10.7 Å². The van der Waals surface area contributed by atoms with Crippen molar-refractivity contribution in [2.75, 3.05) is 32.1 Å². The molecular formula is C9H15BrN4O. The third-order valence-electron chi connectivity index (χ3n) is 1.74. The van der Waals surface area contributed by atoms with E-state index in [2.05, 4.69) is 43.5 Å². The molecule has 0 amide bonds. The minimum Gasteiger partial charge on any atom is -0.480 e. The van der Waals surface area contributed by atoms with Crippen molar-refractivity contribution >= 4 is 21.9 Å². The highest BCUT2D eigenvalue weighted by Gasteiger charge is 2.03. The summed E-state index contributed by atoms with van der Waals surface area (Å²) in [4.78, 5) is 8.28. The van der Waals surface area contributed by atoms with Crippen LogP contribution in [0.2, 0.25) is 0 Å². The van der Waals surface area contributed by atoms with E-state index in [-0.39, 0.29) is 0 Å². The summed E-state index contributed by atoms with van der Waals surface area (Å²) in [6.07, 6.45) is 1.67. The summed E-state index contributed by atoms with van der Waals surface area (Å²) in [5, 5.41) is 6.30. The molecule has 0 saturated carbocycles. The van der Waals surface area contributed by atoms with Gasteiger partial charge in [-0.15, -0.1) is 0 Å². The highest BCUT2D eigenvalue weighted by atomic mass is 79.9. The molecule has 1 aromatic heterocycles. The van der Waals surface area contributed by atoms with Crippen LogP contribution < -0.4 is 15.4 Å². The highest BCUT2D eigenvalue weighted by molar-refractivity contribution is 9.10. The number of likely N-dealkylation sites (N-methyl/N-ethyl adjacent to an activating group) is 1. The third-order valence-corrected chi connectivity index (χ3v) is 2.28. The zero-order chi connectivity index (χ0) is 11.1. The quantitative estimate of drug-likeness (QED) is 0.766. The Kier molecular flexibility index (Phi) is 5.34. The molecule has 0 unspecified atom stereocenters. The van der Waals surface area contributed by atoms with Gasteiger partial charge in [0, 0.05) is 13.1 Å². The van der Waals surface area contributed by atoms with Gasteiger partial charge in [0.1, 0.15) is 0 Å². The molecule has 15 heavy (non-hydrogen) atoms. The first-order chi connectivity index (χ1) is 7.27. The van der Waals surface area contributed by atoms with E-state index in [1.807, 2.05) is 0 Å². The molecule has 0 aliphatic carbocycles. The third kappa shape index (κ3) is 4.01. The van der Waals surface area contributed by atoms with Crippen LogP contribution in [0.3, 0.4) is 0 Å². The molecule has 1 heterocycles. The fraction of sp³-hybridized carbons (Fsp3) is 0.556. The predicted molar refractivity (Wildman–Crippen MR) is 63.3 cm³/mol. The lowest BCUT2D eigenvalue weighted by Crippen LogP contribution is -2.22. The number of rotatable bonds is 6. The molecule has 0 fully saturated rings. The average molecular weight is 275 g/mol. The van der Waals surface area contributed by atoms with Crippen molar-refractivity contribution in [2.24, 2.45) is 0 Å². The summed E-state index contributed by atoms with van der Waals surface area (Å²) in [7, 11) is 1.58. The Morgan fingerprint density at radius 3 is 2.93 bits per heavy atom. The molecule has 0 spiro atoms. The van der Waals surface area contributed by atoms with Crippen LogP contribution in [0.1, 0.15) is 6.92 Å². The molecule has 0 aliphatic rings. The molecule has 2 N–H and O–H groups in total. The van der Waals surface area contributed by atoms with E-state index in [1.54, 1.807) is 13.3 Å². The number of nitrogens with one attached hydrogen (secondary N) is 2. The van der Waals surface area contributed by atoms with E-state index in [9.17, 15) is 0 Å². The average Bonchev–Trinajstić information content (AvgIpc) is 2.26. The van der Waals surface area contributed by atoms with Crippen molar-refractivity contribution < 1.29 is 4.74 Å². The van der Waals surface area contributed by atoms with Crippen LogP contribution >= 0.6 is 15.9 Å². The number of ether oxygens (including phenoxy) is 1. The molecule has 0 saturated heterocycles. The van der Waals surface area contributed by atoms with E-state index >= 15 is 0 Å². The summed E-state index contributed by atoms with van der Waals surface area (Å²) in [5.74, 6) is 1.11. The van der Waals surface area contributed by atoms with Gasteiger partial charge in [0.25, 0.3) is 0 Å². The van der Waals surface area contributed by atoms with Gasteiger partial charge in [0.15, 0.2) is 0 Å². The van der Waals surface area contributed by atoms with Gasteiger partial charge in [-0.1, -0.05) is 6.92 Å². The predicted octanol–water partition coefficient (Wildman–Crippen LogP) is 1.27. The Morgan fingerprint density at radius 1 is 1.47 bits per heavy atom. The van der Waals surface area contributed by atoms with Crippen molar-refractivity contribution in [1.82, 2.24) is 15.3 Å². The molecule has 0 aliphatic heterocycles. The second kappa shape index (κ2) is 6.58. The SMILES string of the molecule is CCNCCNc1ncc(Br)c(OC)n1. The van der Waals surface area contributed by atoms with Crippen molar-refractivity contribution in [3.8, 4) is 5.88 Å². The number of halogens is 1. The van der Waals surface area contributed by atoms with E-state index in [4.69, 9.17) is 4.74 Å². The summed E-state index contributed by atoms with van der Waals surface area (Å²) in [5.41, 5.74) is 0. The van der Waals surface area contributed by atoms with Gasteiger partial charge < -0.3 is 15.4 Å². The number of hydrogen-bond acceptors (Lipinski definition) is 5. The minimum absolute atomic E-state index is 0.538. The first-order valence-electron chi connectivity index (χ1n) is 4.79. The van der Waals surface area contributed by atoms with Gasteiger partial charge in [0.2, 0.25) is 11.8 Å². The number of methoxy groups -OCH3 is 1. The second-order valence-electron chi connectivity index (χ2n) is 2.83. The van der Waals surface area contributed by atoms with Gasteiger partial charge in [-0.2, -0.15) is 4.98 Å². The fourth-order valence-corrected chi connectivity index (χ4v) is 1.37. The van der Waals surface area contributed by atoms with E-state index in [1.165, 1.54) is 0 Å². The van der Waals surface area contributed by atoms with Crippen molar-refractivity contribution in [2.45, 2.75) is 6.92 Å². The Hall–Kier alpha value is -0.880. The molecule has 0 atom stereocenters. The molecular weight excluding hydrogens is 260 g/mol. The lowest BCUT2D eigenvalue weighted by molar-refractivity contribution is 0.394. The first-order valence-corrected chi connectivity index (χ1v) is 5.58. The molecule has 6 heteroatoms. The van der Waals surface area contributed by atoms with Gasteiger partial charge in [-0.3, -0.25) is 0 Å². The van der Waals surface area contributed by atoms with E-state index < -0.39 is 0 Å². The first kappa shape index (κ1) is 12.2. The van der Waals surface area contributed by atoms with Crippen LogP contribution in [0.4, 0.5) is 5.95 Å². The van der Waals surface area contributed by atoms with Crippen LogP contribution in [0.5, 0.6) is 5.88 Å². The lowest BCUT2D eigenvalue weighted by Gasteiger charge is -2.07. The zero-order valence-electron chi connectivity index (χ0n) is 8.88. The lowest BCUT2D eigenvalue weighted by atomic mass is 10.5. The van der Waals surface area contributed by atoms with Crippen LogP contribution in [0.25, 0.3) is 0 Å². The molecule has 1 rings (SSSR count). The molecule has 1 aromatic rings. The summed E-state index contributed by atoms with van der Waals surface area (Å²) < 4.78 is 5.81. The summed E-state index contributed by atoms with van der Waals surface area (Å²) in [6, 6.07) is 0. The number of hydrogen-bond donors (Lipinski definition) is 2. The van der Waals surface area contributed by atoms with Crippen LogP contribution in [-0.4, -0.2) is 36.7 Å². The molecule has 0 radical (unpaired) electrons. The maximum absolute atomic E-state index is 5.06. The number of aromatic nitrogens is 2. The Morgan fingerprint density at radius 2 is 2.27 bits per heavy atom. The van der Waals surface area contributed by atoms with Crippen molar-refractivity contribution in [1.29, 1.82) is 0 Å². The maximum Gasteiger partial charge on any atom is 0.232 e. The second-order valence-corrected chi connectivity index (χ2v) is 3.69. The molecule has 5 nitrogen and oxygen atoms in total. The number of nitrogens with zero attached hydrogens (tertiary/aromatic N) is 2. The monoisotopic (exact) mass is 274 g/mol. The number of anilines is 1. The van der Waals surface area contributed by atoms with Crippen LogP contribution in [0.15, 0.2) is 10.7 Å². The highest BCUT2D eigenvalue weighted by Crippen LogP contribution is 2.21. The maximum atomic E-state index is 5.06. The Labute approximate surface area is 97.8 Å². The summed E-state index contributed by atoms with van der Waals surface area (Å²) >= 11 is 3.29. The Bertz CT molecular complexity index is 308. The molecule has 0 bridgehead atoms. The molecule has 0 aromatic carbocycles. The normalized spacial score (nSPS) is 10.1. The molecule has 84 valence electrons. The zero-order valence-corrected chi connectivity index (χ0v) is 10.5. The summed E-state index contributed by atoms with van der Waals surface area (Å²) in [6.45, 7) is 4.71.